The summed E-state index contributed by atoms with van der Waals surface area (Å²) in [7, 11) is -3.88. The van der Waals surface area contributed by atoms with Gasteiger partial charge < -0.3 is 11.1 Å². The van der Waals surface area contributed by atoms with Gasteiger partial charge in [0.25, 0.3) is 5.91 Å². The third kappa shape index (κ3) is 3.98. The van der Waals surface area contributed by atoms with Crippen LogP contribution in [0.2, 0.25) is 0 Å². The van der Waals surface area contributed by atoms with Crippen molar-refractivity contribution >= 4 is 27.7 Å². The minimum absolute atomic E-state index is 0.0350. The molecule has 0 fully saturated rings. The van der Waals surface area contributed by atoms with Crippen LogP contribution in [-0.2, 0) is 22.0 Å². The topological polar surface area (TPSA) is 151 Å². The van der Waals surface area contributed by atoms with Gasteiger partial charge in [-0.05, 0) is 24.3 Å². The summed E-state index contributed by atoms with van der Waals surface area (Å²) in [5.74, 6) is -2.78. The molecule has 0 bridgehead atoms. The molecule has 2 aromatic heterocycles. The molecule has 0 unspecified atom stereocenters. The Bertz CT molecular complexity index is 1350. The van der Waals surface area contributed by atoms with Crippen molar-refractivity contribution in [3.8, 4) is 0 Å². The third-order valence-corrected chi connectivity index (χ3v) is 7.24. The van der Waals surface area contributed by atoms with Crippen molar-refractivity contribution in [2.24, 2.45) is 5.73 Å². The highest BCUT2D eigenvalue weighted by atomic mass is 32.2. The molecule has 33 heavy (non-hydrogen) atoms. The van der Waals surface area contributed by atoms with Gasteiger partial charge in [-0.1, -0.05) is 19.9 Å². The second-order valence-electron chi connectivity index (χ2n) is 8.25. The predicted molar refractivity (Wildman–Crippen MR) is 116 cm³/mol. The number of aromatic amines is 1. The molecule has 1 aliphatic rings. The molecule has 3 heterocycles. The highest BCUT2D eigenvalue weighted by Crippen LogP contribution is 2.37. The summed E-state index contributed by atoms with van der Waals surface area (Å²) in [6, 6.07) is 6.53. The Morgan fingerprint density at radius 2 is 2.00 bits per heavy atom. The summed E-state index contributed by atoms with van der Waals surface area (Å²) in [5.41, 5.74) is 4.88. The molecule has 0 spiro atoms. The Balaban J connectivity index is 1.71. The monoisotopic (exact) mass is 472 g/mol. The van der Waals surface area contributed by atoms with E-state index >= 15 is 0 Å². The summed E-state index contributed by atoms with van der Waals surface area (Å²) in [6.45, 7) is 3.75. The van der Waals surface area contributed by atoms with Crippen molar-refractivity contribution in [2.45, 2.75) is 30.7 Å². The number of H-pyrrole nitrogens is 1. The Labute approximate surface area is 189 Å². The van der Waals surface area contributed by atoms with Crippen LogP contribution in [0.3, 0.4) is 0 Å². The number of carbonyl (C=O) groups excluding carboxylic acids is 2. The minimum Gasteiger partial charge on any atom is -0.366 e. The van der Waals surface area contributed by atoms with Gasteiger partial charge in [-0.2, -0.15) is 9.40 Å². The molecule has 0 saturated heterocycles. The Morgan fingerprint density at radius 3 is 2.67 bits per heavy atom. The number of nitrogens with two attached hydrogens (primary N) is 1. The number of halogens is 1. The lowest BCUT2D eigenvalue weighted by molar-refractivity contribution is 0.0974. The second kappa shape index (κ2) is 8.05. The molecule has 3 aromatic rings. The van der Waals surface area contributed by atoms with Crippen LogP contribution in [0.25, 0.3) is 0 Å². The molecule has 0 aliphatic carbocycles. The quantitative estimate of drug-likeness (QED) is 0.515. The number of rotatable bonds is 5. The largest absolute Gasteiger partial charge is 0.366 e. The first-order valence-corrected chi connectivity index (χ1v) is 11.3. The number of fused-ring (bicyclic) bond motifs is 1. The summed E-state index contributed by atoms with van der Waals surface area (Å²) < 4.78 is 42.0. The summed E-state index contributed by atoms with van der Waals surface area (Å²) in [6.07, 6.45) is 2.74. The molecule has 1 aromatic carbocycles. The van der Waals surface area contributed by atoms with E-state index in [1.807, 2.05) is 13.8 Å². The number of benzene rings is 1. The van der Waals surface area contributed by atoms with Crippen molar-refractivity contribution in [3.63, 3.8) is 0 Å². The Morgan fingerprint density at radius 1 is 1.24 bits per heavy atom. The maximum Gasteiger partial charge on any atom is 0.260 e. The standard InChI is InChI=1S/C21H21FN6O4S/c1-21(2)11-28(33(31,32)12-5-4-8-24-9-12)10-14-17(21)26-27-19(14)25-20(30)16-13(18(23)29)6-3-7-15(16)22/h3-9H,10-11H2,1-2H3,(H2,23,29)(H2,25,26,27,30). The van der Waals surface area contributed by atoms with Crippen molar-refractivity contribution in [1.82, 2.24) is 19.5 Å². The molecule has 0 atom stereocenters. The van der Waals surface area contributed by atoms with Gasteiger partial charge in [0.1, 0.15) is 10.7 Å². The maximum absolute atomic E-state index is 14.4. The van der Waals surface area contributed by atoms with Crippen LogP contribution in [0.5, 0.6) is 0 Å². The minimum atomic E-state index is -3.88. The van der Waals surface area contributed by atoms with E-state index < -0.39 is 38.6 Å². The van der Waals surface area contributed by atoms with Crippen LogP contribution in [0.15, 0.2) is 47.6 Å². The number of aromatic nitrogens is 3. The van der Waals surface area contributed by atoms with E-state index in [1.54, 1.807) is 0 Å². The fraction of sp³-hybridized carbons (Fsp3) is 0.238. The van der Waals surface area contributed by atoms with Crippen molar-refractivity contribution < 1.29 is 22.4 Å². The van der Waals surface area contributed by atoms with Gasteiger partial charge in [0.05, 0.1) is 11.1 Å². The van der Waals surface area contributed by atoms with Gasteiger partial charge in [0, 0.05) is 42.2 Å². The van der Waals surface area contributed by atoms with Crippen LogP contribution in [0, 0.1) is 5.82 Å². The third-order valence-electron chi connectivity index (χ3n) is 5.46. The molecule has 4 N–H and O–H groups in total. The van der Waals surface area contributed by atoms with Gasteiger partial charge in [-0.3, -0.25) is 19.7 Å². The number of hydrogen-bond donors (Lipinski definition) is 3. The van der Waals surface area contributed by atoms with Gasteiger partial charge in [0.2, 0.25) is 15.9 Å². The van der Waals surface area contributed by atoms with Crippen molar-refractivity contribution in [1.29, 1.82) is 0 Å². The van der Waals surface area contributed by atoms with E-state index in [9.17, 15) is 22.4 Å². The van der Waals surface area contributed by atoms with Gasteiger partial charge in [0.15, 0.2) is 5.82 Å². The fourth-order valence-electron chi connectivity index (χ4n) is 3.88. The summed E-state index contributed by atoms with van der Waals surface area (Å²) in [4.78, 5) is 28.4. The molecular formula is C21H21FN6O4S. The fourth-order valence-corrected chi connectivity index (χ4v) is 5.42. The van der Waals surface area contributed by atoms with E-state index in [-0.39, 0.29) is 29.4 Å². The van der Waals surface area contributed by atoms with E-state index in [1.165, 1.54) is 41.0 Å². The molecule has 2 amide bonds. The molecule has 172 valence electrons. The molecule has 0 radical (unpaired) electrons. The van der Waals surface area contributed by atoms with Gasteiger partial charge in [-0.25, -0.2) is 12.8 Å². The number of primary amides is 1. The molecule has 12 heteroatoms. The van der Waals surface area contributed by atoms with Gasteiger partial charge >= 0.3 is 0 Å². The molecular weight excluding hydrogens is 451 g/mol. The number of pyridine rings is 1. The van der Waals surface area contributed by atoms with Gasteiger partial charge in [-0.15, -0.1) is 0 Å². The second-order valence-corrected chi connectivity index (χ2v) is 10.2. The van der Waals surface area contributed by atoms with Crippen molar-refractivity contribution in [2.75, 3.05) is 11.9 Å². The van der Waals surface area contributed by atoms with Crippen molar-refractivity contribution in [3.05, 3.63) is 70.9 Å². The predicted octanol–water partition coefficient (Wildman–Crippen LogP) is 1.78. The SMILES string of the molecule is CC1(C)CN(S(=O)(=O)c2cccnc2)Cc2c(NC(=O)c3c(F)cccc3C(N)=O)n[nH]c21. The number of amides is 2. The van der Waals surface area contributed by atoms with E-state index in [2.05, 4.69) is 20.5 Å². The first kappa shape index (κ1) is 22.6. The lowest BCUT2D eigenvalue weighted by Crippen LogP contribution is -2.45. The highest BCUT2D eigenvalue weighted by Gasteiger charge is 2.41. The summed E-state index contributed by atoms with van der Waals surface area (Å²) in [5, 5.41) is 9.47. The molecule has 1 aliphatic heterocycles. The number of hydrogen-bond acceptors (Lipinski definition) is 6. The molecule has 0 saturated carbocycles. The lowest BCUT2D eigenvalue weighted by atomic mass is 9.84. The number of anilines is 1. The number of nitrogens with one attached hydrogen (secondary N) is 2. The number of carbonyl (C=O) groups is 2. The van der Waals surface area contributed by atoms with Crippen LogP contribution < -0.4 is 11.1 Å². The van der Waals surface area contributed by atoms with E-state index in [0.29, 0.717) is 11.3 Å². The molecule has 4 rings (SSSR count). The van der Waals surface area contributed by atoms with Crippen LogP contribution >= 0.6 is 0 Å². The van der Waals surface area contributed by atoms with E-state index in [0.717, 1.165) is 6.07 Å². The number of sulfonamides is 1. The zero-order chi connectivity index (χ0) is 24.0. The Kier molecular flexibility index (Phi) is 5.50. The first-order chi connectivity index (χ1) is 15.5. The van der Waals surface area contributed by atoms with Crippen LogP contribution in [0.4, 0.5) is 10.2 Å². The van der Waals surface area contributed by atoms with E-state index in [4.69, 9.17) is 5.73 Å². The zero-order valence-corrected chi connectivity index (χ0v) is 18.6. The number of nitrogens with zero attached hydrogens (tertiary/aromatic N) is 3. The zero-order valence-electron chi connectivity index (χ0n) is 17.8. The average Bonchev–Trinajstić information content (AvgIpc) is 3.17. The van der Waals surface area contributed by atoms with Crippen LogP contribution in [0.1, 0.15) is 45.8 Å². The maximum atomic E-state index is 14.4. The Hall–Kier alpha value is -3.64. The first-order valence-electron chi connectivity index (χ1n) is 9.90. The lowest BCUT2D eigenvalue weighted by Gasteiger charge is -2.36. The smallest absolute Gasteiger partial charge is 0.260 e. The molecule has 10 nitrogen and oxygen atoms in total. The summed E-state index contributed by atoms with van der Waals surface area (Å²) >= 11 is 0. The highest BCUT2D eigenvalue weighted by molar-refractivity contribution is 7.89. The van der Waals surface area contributed by atoms with Crippen LogP contribution in [-0.4, -0.2) is 46.3 Å². The normalized spacial score (nSPS) is 15.6. The average molecular weight is 473 g/mol.